The van der Waals surface area contributed by atoms with Crippen LogP contribution in [0.4, 0.5) is 0 Å². The van der Waals surface area contributed by atoms with Crippen molar-refractivity contribution in [1.29, 1.82) is 0 Å². The molecule has 1 aromatic carbocycles. The Morgan fingerprint density at radius 1 is 1.18 bits per heavy atom. The number of benzene rings is 1. The van der Waals surface area contributed by atoms with Gasteiger partial charge in [-0.05, 0) is 43.3 Å². The summed E-state index contributed by atoms with van der Waals surface area (Å²) in [6, 6.07) is 11.5. The highest BCUT2D eigenvalue weighted by molar-refractivity contribution is 5.94. The Hall–Kier alpha value is -2.82. The van der Waals surface area contributed by atoms with Crippen LogP contribution < -0.4 is 5.32 Å². The van der Waals surface area contributed by atoms with Crippen molar-refractivity contribution in [2.24, 2.45) is 0 Å². The van der Waals surface area contributed by atoms with Gasteiger partial charge >= 0.3 is 0 Å². The fourth-order valence-corrected chi connectivity index (χ4v) is 2.36. The predicted octanol–water partition coefficient (Wildman–Crippen LogP) is 2.49. The lowest BCUT2D eigenvalue weighted by Gasteiger charge is -2.14. The molecule has 112 valence electrons. The van der Waals surface area contributed by atoms with Gasteiger partial charge in [0.25, 0.3) is 5.91 Å². The van der Waals surface area contributed by atoms with Crippen molar-refractivity contribution in [3.05, 3.63) is 73.1 Å². The molecule has 1 amide bonds. The summed E-state index contributed by atoms with van der Waals surface area (Å²) in [4.78, 5) is 16.2. The average molecular weight is 294 g/mol. The van der Waals surface area contributed by atoms with Crippen molar-refractivity contribution in [3.63, 3.8) is 0 Å². The van der Waals surface area contributed by atoms with Crippen LogP contribution in [0.5, 0.6) is 0 Å². The van der Waals surface area contributed by atoms with Crippen molar-refractivity contribution in [2.45, 2.75) is 19.5 Å². The lowest BCUT2D eigenvalue weighted by Crippen LogP contribution is -2.35. The number of hydrogen-bond acceptors (Lipinski definition) is 2. The molecule has 22 heavy (non-hydrogen) atoms. The van der Waals surface area contributed by atoms with Crippen molar-refractivity contribution in [2.75, 3.05) is 0 Å². The molecule has 0 fully saturated rings. The Morgan fingerprint density at radius 3 is 2.55 bits per heavy atom. The van der Waals surface area contributed by atoms with E-state index in [4.69, 9.17) is 0 Å². The molecule has 0 aliphatic rings. The Balaban J connectivity index is 1.62. The van der Waals surface area contributed by atoms with Crippen LogP contribution in [0.15, 0.2) is 67.5 Å². The summed E-state index contributed by atoms with van der Waals surface area (Å²) in [5.41, 5.74) is 1.70. The minimum Gasteiger partial charge on any atom is -0.348 e. The van der Waals surface area contributed by atoms with Crippen molar-refractivity contribution in [3.8, 4) is 5.69 Å². The number of imidazole rings is 1. The summed E-state index contributed by atoms with van der Waals surface area (Å²) in [5.74, 6) is -0.0633. The molecule has 0 aliphatic heterocycles. The average Bonchev–Trinajstić information content (AvgIpc) is 3.20. The van der Waals surface area contributed by atoms with Gasteiger partial charge in [-0.3, -0.25) is 4.79 Å². The number of aromatic nitrogens is 3. The second kappa shape index (κ2) is 6.30. The topological polar surface area (TPSA) is 51.9 Å². The predicted molar refractivity (Wildman–Crippen MR) is 84.9 cm³/mol. The maximum absolute atomic E-state index is 12.2. The van der Waals surface area contributed by atoms with E-state index in [1.807, 2.05) is 71.0 Å². The summed E-state index contributed by atoms with van der Waals surface area (Å²) in [5, 5.41) is 2.99. The van der Waals surface area contributed by atoms with Gasteiger partial charge in [-0.25, -0.2) is 4.98 Å². The zero-order valence-corrected chi connectivity index (χ0v) is 12.4. The molecule has 1 atom stereocenters. The summed E-state index contributed by atoms with van der Waals surface area (Å²) < 4.78 is 3.95. The second-order valence-electron chi connectivity index (χ2n) is 5.27. The summed E-state index contributed by atoms with van der Waals surface area (Å²) >= 11 is 0. The molecule has 5 heteroatoms. The van der Waals surface area contributed by atoms with E-state index in [9.17, 15) is 4.79 Å². The maximum Gasteiger partial charge on any atom is 0.251 e. The minimum atomic E-state index is -0.0633. The van der Waals surface area contributed by atoms with Crippen LogP contribution in [0.1, 0.15) is 17.3 Å². The molecule has 0 saturated carbocycles. The third-order valence-electron chi connectivity index (χ3n) is 3.45. The van der Waals surface area contributed by atoms with E-state index in [1.54, 1.807) is 12.5 Å². The third-order valence-corrected chi connectivity index (χ3v) is 3.45. The van der Waals surface area contributed by atoms with Gasteiger partial charge in [0.2, 0.25) is 0 Å². The van der Waals surface area contributed by atoms with Crippen LogP contribution in [0.25, 0.3) is 5.69 Å². The molecule has 0 radical (unpaired) electrons. The molecule has 3 rings (SSSR count). The fourth-order valence-electron chi connectivity index (χ4n) is 2.36. The quantitative estimate of drug-likeness (QED) is 0.786. The molecule has 0 bridgehead atoms. The maximum atomic E-state index is 12.2. The van der Waals surface area contributed by atoms with Crippen LogP contribution in [0, 0.1) is 0 Å². The van der Waals surface area contributed by atoms with E-state index in [-0.39, 0.29) is 11.9 Å². The third kappa shape index (κ3) is 3.25. The lowest BCUT2D eigenvalue weighted by atomic mass is 10.2. The smallest absolute Gasteiger partial charge is 0.251 e. The van der Waals surface area contributed by atoms with E-state index < -0.39 is 0 Å². The van der Waals surface area contributed by atoms with Gasteiger partial charge in [0.15, 0.2) is 0 Å². The fraction of sp³-hybridized carbons (Fsp3) is 0.176. The number of nitrogens with one attached hydrogen (secondary N) is 1. The van der Waals surface area contributed by atoms with Crippen LogP contribution in [-0.4, -0.2) is 26.1 Å². The Kier molecular flexibility index (Phi) is 4.05. The van der Waals surface area contributed by atoms with Crippen LogP contribution in [0.3, 0.4) is 0 Å². The molecule has 0 unspecified atom stereocenters. The Morgan fingerprint density at radius 2 is 1.91 bits per heavy atom. The molecule has 2 heterocycles. The van der Waals surface area contributed by atoms with Gasteiger partial charge < -0.3 is 14.5 Å². The van der Waals surface area contributed by atoms with Crippen molar-refractivity contribution >= 4 is 5.91 Å². The summed E-state index contributed by atoms with van der Waals surface area (Å²) in [6.07, 6.45) is 9.31. The normalized spacial score (nSPS) is 12.0. The first-order valence-corrected chi connectivity index (χ1v) is 7.22. The monoisotopic (exact) mass is 294 g/mol. The number of nitrogens with zero attached hydrogens (tertiary/aromatic N) is 3. The SMILES string of the molecule is C[C@@H](Cn1ccnc1)NC(=O)c1ccc(-n2cccc2)cc1. The number of amides is 1. The van der Waals surface area contributed by atoms with Crippen molar-refractivity contribution < 1.29 is 4.79 Å². The summed E-state index contributed by atoms with van der Waals surface area (Å²) in [6.45, 7) is 2.68. The minimum absolute atomic E-state index is 0.0332. The standard InChI is InChI=1S/C17H18N4O/c1-14(12-20-11-8-18-13-20)19-17(22)15-4-6-16(7-5-15)21-9-2-3-10-21/h2-11,13-14H,12H2,1H3,(H,19,22)/t14-/m0/s1. The number of carbonyl (C=O) groups excluding carboxylic acids is 1. The highest BCUT2D eigenvalue weighted by atomic mass is 16.1. The van der Waals surface area contributed by atoms with Gasteiger partial charge in [0, 0.05) is 48.6 Å². The van der Waals surface area contributed by atoms with E-state index >= 15 is 0 Å². The van der Waals surface area contributed by atoms with E-state index in [0.717, 1.165) is 5.69 Å². The second-order valence-corrected chi connectivity index (χ2v) is 5.27. The number of hydrogen-bond donors (Lipinski definition) is 1. The number of carbonyl (C=O) groups is 1. The highest BCUT2D eigenvalue weighted by Gasteiger charge is 2.10. The van der Waals surface area contributed by atoms with Gasteiger partial charge in [0.1, 0.15) is 0 Å². The first-order chi connectivity index (χ1) is 10.7. The highest BCUT2D eigenvalue weighted by Crippen LogP contribution is 2.10. The zero-order valence-electron chi connectivity index (χ0n) is 12.4. The number of rotatable bonds is 5. The van der Waals surface area contributed by atoms with Crippen molar-refractivity contribution in [1.82, 2.24) is 19.4 Å². The molecule has 0 aliphatic carbocycles. The largest absolute Gasteiger partial charge is 0.348 e. The molecule has 0 spiro atoms. The Labute approximate surface area is 129 Å². The molecular formula is C17H18N4O. The van der Waals surface area contributed by atoms with E-state index in [2.05, 4.69) is 10.3 Å². The van der Waals surface area contributed by atoms with Gasteiger partial charge in [-0.1, -0.05) is 0 Å². The lowest BCUT2D eigenvalue weighted by molar-refractivity contribution is 0.0936. The molecule has 5 nitrogen and oxygen atoms in total. The molecule has 0 saturated heterocycles. The molecule has 1 N–H and O–H groups in total. The van der Waals surface area contributed by atoms with Crippen LogP contribution in [0.2, 0.25) is 0 Å². The first kappa shape index (κ1) is 14.1. The van der Waals surface area contributed by atoms with E-state index in [0.29, 0.717) is 12.1 Å². The first-order valence-electron chi connectivity index (χ1n) is 7.22. The van der Waals surface area contributed by atoms with Crippen LogP contribution in [-0.2, 0) is 6.54 Å². The Bertz CT molecular complexity index is 715. The van der Waals surface area contributed by atoms with Crippen LogP contribution >= 0.6 is 0 Å². The molecular weight excluding hydrogens is 276 g/mol. The van der Waals surface area contributed by atoms with Gasteiger partial charge in [0.05, 0.1) is 6.33 Å². The van der Waals surface area contributed by atoms with E-state index in [1.165, 1.54) is 0 Å². The zero-order chi connectivity index (χ0) is 15.4. The van der Waals surface area contributed by atoms with Gasteiger partial charge in [-0.2, -0.15) is 0 Å². The van der Waals surface area contributed by atoms with Gasteiger partial charge in [-0.15, -0.1) is 0 Å². The molecule has 2 aromatic heterocycles. The molecule has 3 aromatic rings. The summed E-state index contributed by atoms with van der Waals surface area (Å²) in [7, 11) is 0.